The monoisotopic (exact) mass is 678 g/mol. The highest BCUT2D eigenvalue weighted by Crippen LogP contribution is 2.37. The Morgan fingerprint density at radius 1 is 0.723 bits per heavy atom. The van der Waals surface area contributed by atoms with Gasteiger partial charge in [0.1, 0.15) is 12.1 Å². The summed E-state index contributed by atoms with van der Waals surface area (Å²) in [6, 6.07) is 7.71. The maximum atomic E-state index is 15.3. The SMILES string of the molecule is CC(C)C(NC(=O)CCCC(=O)NCCC[Si](F)(C(C)C)C(C)C)C(=O)NCCC(=O)N[C@@H](Cc1ccccc1)C(=O)NCC(N)=O. The minimum atomic E-state index is -2.88. The number of nitrogens with two attached hydrogens (primary N) is 1. The molecular weight excluding hydrogens is 623 g/mol. The van der Waals surface area contributed by atoms with E-state index in [2.05, 4.69) is 26.6 Å². The van der Waals surface area contributed by atoms with Crippen LogP contribution in [0.5, 0.6) is 0 Å². The largest absolute Gasteiger partial charge is 0.368 e. The lowest BCUT2D eigenvalue weighted by atomic mass is 10.0. The van der Waals surface area contributed by atoms with Gasteiger partial charge in [0.05, 0.1) is 6.54 Å². The highest BCUT2D eigenvalue weighted by atomic mass is 28.4. The Kier molecular flexibility index (Phi) is 18.5. The third-order valence-electron chi connectivity index (χ3n) is 8.07. The number of rotatable bonds is 22. The van der Waals surface area contributed by atoms with Crippen LogP contribution in [0.4, 0.5) is 4.11 Å². The standard InChI is InChI=1S/C33H55FN6O6Si/c1-22(2)31(40-29(43)15-10-14-28(42)36-17-11-19-47(34,23(3)4)24(5)6)33(46)37-18-16-30(44)39-26(32(45)38-21-27(35)41)20-25-12-8-7-9-13-25/h7-9,12-13,22-24,26,31H,10-11,14-21H2,1-6H3,(H2,35,41)(H,36,42)(H,37,46)(H,38,45)(H,39,44)(H,40,43)/t26-,31?/m0/s1. The lowest BCUT2D eigenvalue weighted by Gasteiger charge is -2.30. The van der Waals surface area contributed by atoms with Gasteiger partial charge in [-0.25, -0.2) is 0 Å². The molecule has 47 heavy (non-hydrogen) atoms. The van der Waals surface area contributed by atoms with Gasteiger partial charge >= 0.3 is 0 Å². The second kappa shape index (κ2) is 21.1. The zero-order valence-electron chi connectivity index (χ0n) is 28.7. The molecule has 1 unspecified atom stereocenters. The van der Waals surface area contributed by atoms with Crippen molar-refractivity contribution in [2.45, 2.75) is 109 Å². The summed E-state index contributed by atoms with van der Waals surface area (Å²) >= 11 is 0. The van der Waals surface area contributed by atoms with Gasteiger partial charge in [-0.15, -0.1) is 0 Å². The van der Waals surface area contributed by atoms with E-state index in [1.165, 1.54) is 0 Å². The van der Waals surface area contributed by atoms with Crippen molar-refractivity contribution in [1.29, 1.82) is 0 Å². The summed E-state index contributed by atoms with van der Waals surface area (Å²) in [5.74, 6) is -3.07. The number of carbonyl (C=O) groups excluding carboxylic acids is 6. The predicted octanol–water partition coefficient (Wildman–Crippen LogP) is 2.37. The molecule has 7 N–H and O–H groups in total. The normalized spacial score (nSPS) is 12.7. The van der Waals surface area contributed by atoms with Crippen molar-refractivity contribution in [2.75, 3.05) is 19.6 Å². The van der Waals surface area contributed by atoms with Gasteiger partial charge in [-0.1, -0.05) is 71.9 Å². The molecule has 0 heterocycles. The van der Waals surface area contributed by atoms with Crippen LogP contribution in [0, 0.1) is 5.92 Å². The van der Waals surface area contributed by atoms with Crippen molar-refractivity contribution in [1.82, 2.24) is 26.6 Å². The van der Waals surface area contributed by atoms with Crippen molar-refractivity contribution < 1.29 is 32.9 Å². The molecule has 1 aromatic rings. The van der Waals surface area contributed by atoms with Crippen LogP contribution in [-0.4, -0.2) is 75.6 Å². The Labute approximate surface area is 279 Å². The Morgan fingerprint density at radius 2 is 1.32 bits per heavy atom. The summed E-state index contributed by atoms with van der Waals surface area (Å²) in [4.78, 5) is 74.0. The minimum Gasteiger partial charge on any atom is -0.368 e. The van der Waals surface area contributed by atoms with Gasteiger partial charge in [0.15, 0.2) is 0 Å². The van der Waals surface area contributed by atoms with E-state index in [-0.39, 0.29) is 67.6 Å². The zero-order chi connectivity index (χ0) is 35.6. The Bertz CT molecular complexity index is 1180. The Hall–Kier alpha value is -3.81. The number of hydrogen-bond acceptors (Lipinski definition) is 6. The fourth-order valence-corrected chi connectivity index (χ4v) is 8.35. The van der Waals surface area contributed by atoms with E-state index in [1.807, 2.05) is 33.8 Å². The van der Waals surface area contributed by atoms with E-state index in [9.17, 15) is 28.8 Å². The second-order valence-corrected chi connectivity index (χ2v) is 17.5. The summed E-state index contributed by atoms with van der Waals surface area (Å²) in [5.41, 5.74) is 5.95. The van der Waals surface area contributed by atoms with Crippen LogP contribution in [0.3, 0.4) is 0 Å². The number of hydrogen-bond donors (Lipinski definition) is 6. The molecular formula is C33H55FN6O6Si. The fraction of sp³-hybridized carbons (Fsp3) is 0.636. The topological polar surface area (TPSA) is 189 Å². The number of amides is 6. The van der Waals surface area contributed by atoms with Gasteiger partial charge in [0.2, 0.25) is 35.4 Å². The van der Waals surface area contributed by atoms with Gasteiger partial charge < -0.3 is 36.4 Å². The average molecular weight is 679 g/mol. The quantitative estimate of drug-likeness (QED) is 0.0620. The molecule has 0 spiro atoms. The lowest BCUT2D eigenvalue weighted by molar-refractivity contribution is -0.131. The first-order valence-electron chi connectivity index (χ1n) is 16.5. The van der Waals surface area contributed by atoms with Crippen LogP contribution in [0.15, 0.2) is 30.3 Å². The number of halogens is 1. The number of primary amides is 1. The molecule has 6 amide bonds. The van der Waals surface area contributed by atoms with Gasteiger partial charge in [-0.05, 0) is 41.4 Å². The average Bonchev–Trinajstić information content (AvgIpc) is 3.00. The smallest absolute Gasteiger partial charge is 0.252 e. The molecule has 0 aliphatic carbocycles. The molecule has 2 atom stereocenters. The van der Waals surface area contributed by atoms with Gasteiger partial charge in [-0.3, -0.25) is 28.8 Å². The van der Waals surface area contributed by atoms with E-state index in [4.69, 9.17) is 5.73 Å². The van der Waals surface area contributed by atoms with Crippen molar-refractivity contribution in [2.24, 2.45) is 11.7 Å². The minimum absolute atomic E-state index is 0.0205. The molecule has 12 nitrogen and oxygen atoms in total. The number of benzene rings is 1. The first kappa shape index (κ1) is 41.2. The van der Waals surface area contributed by atoms with Gasteiger partial charge in [0, 0.05) is 38.8 Å². The van der Waals surface area contributed by atoms with Crippen LogP contribution in [0.1, 0.15) is 79.2 Å². The Morgan fingerprint density at radius 3 is 1.89 bits per heavy atom. The molecule has 0 aromatic heterocycles. The zero-order valence-corrected chi connectivity index (χ0v) is 29.7. The molecule has 0 radical (unpaired) electrons. The molecule has 0 aliphatic heterocycles. The maximum absolute atomic E-state index is 15.3. The summed E-state index contributed by atoms with van der Waals surface area (Å²) < 4.78 is 15.3. The highest BCUT2D eigenvalue weighted by molar-refractivity contribution is 6.75. The first-order valence-corrected chi connectivity index (χ1v) is 18.7. The van der Waals surface area contributed by atoms with E-state index >= 15 is 4.11 Å². The second-order valence-electron chi connectivity index (χ2n) is 12.9. The van der Waals surface area contributed by atoms with Crippen molar-refractivity contribution in [3.8, 4) is 0 Å². The summed E-state index contributed by atoms with van der Waals surface area (Å²) in [7, 11) is -2.88. The van der Waals surface area contributed by atoms with Crippen LogP contribution < -0.4 is 32.3 Å². The third-order valence-corrected chi connectivity index (χ3v) is 13.0. The van der Waals surface area contributed by atoms with E-state index in [0.29, 0.717) is 25.4 Å². The molecule has 0 bridgehead atoms. The molecule has 1 rings (SSSR count). The molecule has 0 saturated heterocycles. The fourth-order valence-electron chi connectivity index (χ4n) is 5.14. The third kappa shape index (κ3) is 16.0. The van der Waals surface area contributed by atoms with Crippen LogP contribution in [-0.2, 0) is 35.2 Å². The summed E-state index contributed by atoms with van der Waals surface area (Å²) in [5, 5.41) is 13.2. The molecule has 1 aromatic carbocycles. The van der Waals surface area contributed by atoms with Crippen molar-refractivity contribution in [3.63, 3.8) is 0 Å². The Balaban J connectivity index is 2.49. The molecule has 0 aliphatic rings. The lowest BCUT2D eigenvalue weighted by Crippen LogP contribution is -2.51. The molecule has 14 heteroatoms. The van der Waals surface area contributed by atoms with Crippen molar-refractivity contribution in [3.05, 3.63) is 35.9 Å². The van der Waals surface area contributed by atoms with Crippen LogP contribution in [0.25, 0.3) is 0 Å². The van der Waals surface area contributed by atoms with E-state index in [1.54, 1.807) is 38.1 Å². The van der Waals surface area contributed by atoms with Crippen molar-refractivity contribution >= 4 is 43.9 Å². The highest BCUT2D eigenvalue weighted by Gasteiger charge is 2.40. The first-order chi connectivity index (χ1) is 22.1. The maximum Gasteiger partial charge on any atom is 0.252 e. The molecule has 0 fully saturated rings. The number of carbonyl (C=O) groups is 6. The van der Waals surface area contributed by atoms with Crippen LogP contribution >= 0.6 is 0 Å². The summed E-state index contributed by atoms with van der Waals surface area (Å²) in [6.07, 6.45) is 1.12. The van der Waals surface area contributed by atoms with Crippen LogP contribution in [0.2, 0.25) is 17.1 Å². The number of nitrogens with one attached hydrogen (secondary N) is 5. The predicted molar refractivity (Wildman–Crippen MR) is 182 cm³/mol. The van der Waals surface area contributed by atoms with Gasteiger partial charge in [-0.2, -0.15) is 0 Å². The molecule has 0 saturated carbocycles. The van der Waals surface area contributed by atoms with Gasteiger partial charge in [0.25, 0.3) is 8.41 Å². The summed E-state index contributed by atoms with van der Waals surface area (Å²) in [6.45, 7) is 11.2. The molecule has 264 valence electrons. The van der Waals surface area contributed by atoms with E-state index in [0.717, 1.165) is 5.56 Å². The van der Waals surface area contributed by atoms with E-state index < -0.39 is 44.1 Å².